The van der Waals surface area contributed by atoms with Crippen LogP contribution in [0.3, 0.4) is 0 Å². The third-order valence-corrected chi connectivity index (χ3v) is 11.5. The number of nitrogens with zero attached hydrogens (tertiary/aromatic N) is 1. The molecule has 0 bridgehead atoms. The van der Waals surface area contributed by atoms with Gasteiger partial charge in [-0.15, -0.1) is 11.3 Å². The topological polar surface area (TPSA) is 3.24 Å². The van der Waals surface area contributed by atoms with E-state index in [9.17, 15) is 0 Å². The third-order valence-electron chi connectivity index (χ3n) is 10.4. The number of hydrogen-bond acceptors (Lipinski definition) is 2. The molecule has 1 aromatic heterocycles. The van der Waals surface area contributed by atoms with Crippen LogP contribution in [0.1, 0.15) is 18.1 Å². The van der Waals surface area contributed by atoms with Crippen LogP contribution in [0.15, 0.2) is 201 Å². The molecule has 55 heavy (non-hydrogen) atoms. The smallest absolute Gasteiger partial charge is 0.0540 e. The molecular formula is C53H39NS. The molecule has 0 saturated carbocycles. The zero-order chi connectivity index (χ0) is 37.1. The van der Waals surface area contributed by atoms with Gasteiger partial charge >= 0.3 is 0 Å². The first-order valence-electron chi connectivity index (χ1n) is 18.7. The van der Waals surface area contributed by atoms with Crippen molar-refractivity contribution < 1.29 is 0 Å². The van der Waals surface area contributed by atoms with Crippen molar-refractivity contribution in [1.82, 2.24) is 0 Å². The maximum atomic E-state index is 4.05. The van der Waals surface area contributed by atoms with E-state index in [4.69, 9.17) is 0 Å². The molecule has 0 fully saturated rings. The lowest BCUT2D eigenvalue weighted by Crippen LogP contribution is -2.11. The monoisotopic (exact) mass is 721 g/mol. The summed E-state index contributed by atoms with van der Waals surface area (Å²) in [5.41, 5.74) is 15.1. The minimum absolute atomic E-state index is 1.09. The fourth-order valence-electron chi connectivity index (χ4n) is 7.72. The van der Waals surface area contributed by atoms with Crippen molar-refractivity contribution in [3.8, 4) is 44.5 Å². The summed E-state index contributed by atoms with van der Waals surface area (Å²) in [6.07, 6.45) is 6.16. The van der Waals surface area contributed by atoms with E-state index in [1.807, 2.05) is 17.4 Å². The van der Waals surface area contributed by atoms with E-state index in [0.29, 0.717) is 0 Å². The van der Waals surface area contributed by atoms with Gasteiger partial charge < -0.3 is 4.90 Å². The van der Waals surface area contributed by atoms with Crippen LogP contribution in [0, 0.1) is 0 Å². The second-order valence-electron chi connectivity index (χ2n) is 13.7. The first-order chi connectivity index (χ1) is 27.2. The Kier molecular flexibility index (Phi) is 9.25. The molecule has 0 aliphatic rings. The van der Waals surface area contributed by atoms with Gasteiger partial charge in [0.05, 0.1) is 5.69 Å². The molecule has 0 atom stereocenters. The summed E-state index contributed by atoms with van der Waals surface area (Å²) in [5, 5.41) is 2.60. The first-order valence-corrected chi connectivity index (χ1v) is 19.6. The summed E-state index contributed by atoms with van der Waals surface area (Å²) in [4.78, 5) is 2.41. The number of benzene rings is 8. The second kappa shape index (κ2) is 14.9. The molecule has 0 N–H and O–H groups in total. The Morgan fingerprint density at radius 3 is 1.82 bits per heavy atom. The Hall–Kier alpha value is -6.74. The zero-order valence-electron chi connectivity index (χ0n) is 30.7. The van der Waals surface area contributed by atoms with Crippen LogP contribution in [0.2, 0.25) is 0 Å². The second-order valence-corrected chi connectivity index (χ2v) is 14.8. The van der Waals surface area contributed by atoms with Crippen molar-refractivity contribution in [2.75, 3.05) is 4.90 Å². The number of para-hydroxylation sites is 1. The van der Waals surface area contributed by atoms with Crippen LogP contribution in [0.4, 0.5) is 17.1 Å². The van der Waals surface area contributed by atoms with Gasteiger partial charge in [-0.05, 0) is 112 Å². The normalized spacial score (nSPS) is 11.4. The number of fused-ring (bicyclic) bond motifs is 3. The van der Waals surface area contributed by atoms with Gasteiger partial charge in [-0.1, -0.05) is 158 Å². The SMILES string of the molecule is C=Cc1ccc(-c2ccccc2-c2cccc(N(c3ccc(-c4ccccc4)cc3)c3ccccc3-c3ccc4sc5ccccc5c4c3)c2)cc1/C=C\C. The lowest BCUT2D eigenvalue weighted by Gasteiger charge is -2.28. The molecule has 0 radical (unpaired) electrons. The van der Waals surface area contributed by atoms with Crippen LogP contribution < -0.4 is 4.90 Å². The lowest BCUT2D eigenvalue weighted by atomic mass is 9.92. The maximum absolute atomic E-state index is 4.05. The lowest BCUT2D eigenvalue weighted by molar-refractivity contribution is 1.28. The molecule has 0 saturated heterocycles. The van der Waals surface area contributed by atoms with E-state index in [1.165, 1.54) is 59.1 Å². The number of thiophene rings is 1. The van der Waals surface area contributed by atoms with E-state index >= 15 is 0 Å². The highest BCUT2D eigenvalue weighted by Gasteiger charge is 2.19. The van der Waals surface area contributed by atoms with Crippen molar-refractivity contribution in [3.05, 3.63) is 212 Å². The predicted molar refractivity (Wildman–Crippen MR) is 241 cm³/mol. The molecule has 0 aliphatic heterocycles. The highest BCUT2D eigenvalue weighted by atomic mass is 32.1. The Labute approximate surface area is 327 Å². The summed E-state index contributed by atoms with van der Waals surface area (Å²) in [5.74, 6) is 0. The van der Waals surface area contributed by atoms with Crippen LogP contribution >= 0.6 is 11.3 Å². The molecule has 0 amide bonds. The molecule has 2 heteroatoms. The quantitative estimate of drug-likeness (QED) is 0.143. The van der Waals surface area contributed by atoms with Crippen molar-refractivity contribution in [2.24, 2.45) is 0 Å². The minimum atomic E-state index is 1.09. The maximum Gasteiger partial charge on any atom is 0.0540 e. The highest BCUT2D eigenvalue weighted by molar-refractivity contribution is 7.25. The van der Waals surface area contributed by atoms with Gasteiger partial charge in [0.1, 0.15) is 0 Å². The van der Waals surface area contributed by atoms with Crippen molar-refractivity contribution in [3.63, 3.8) is 0 Å². The van der Waals surface area contributed by atoms with E-state index in [-0.39, 0.29) is 0 Å². The fourth-order valence-corrected chi connectivity index (χ4v) is 8.80. The van der Waals surface area contributed by atoms with Gasteiger partial charge in [0.25, 0.3) is 0 Å². The molecular weight excluding hydrogens is 683 g/mol. The van der Waals surface area contributed by atoms with Gasteiger partial charge in [-0.3, -0.25) is 0 Å². The average molecular weight is 722 g/mol. The van der Waals surface area contributed by atoms with Crippen LogP contribution in [0.5, 0.6) is 0 Å². The van der Waals surface area contributed by atoms with Crippen LogP contribution in [-0.2, 0) is 0 Å². The molecule has 1 nitrogen and oxygen atoms in total. The summed E-state index contributed by atoms with van der Waals surface area (Å²) in [7, 11) is 0. The Morgan fingerprint density at radius 1 is 0.436 bits per heavy atom. The number of allylic oxidation sites excluding steroid dienone is 1. The zero-order valence-corrected chi connectivity index (χ0v) is 31.5. The summed E-state index contributed by atoms with van der Waals surface area (Å²) in [6, 6.07) is 68.4. The van der Waals surface area contributed by atoms with Gasteiger partial charge in [-0.2, -0.15) is 0 Å². The summed E-state index contributed by atoms with van der Waals surface area (Å²) < 4.78 is 2.62. The first kappa shape index (κ1) is 34.1. The molecule has 9 aromatic rings. The molecule has 0 unspecified atom stereocenters. The van der Waals surface area contributed by atoms with E-state index in [1.54, 1.807) is 0 Å². The predicted octanol–water partition coefficient (Wildman–Crippen LogP) is 15.9. The van der Waals surface area contributed by atoms with Crippen LogP contribution in [0.25, 0.3) is 76.8 Å². The molecule has 1 heterocycles. The molecule has 0 aliphatic carbocycles. The molecule has 8 aromatic carbocycles. The van der Waals surface area contributed by atoms with E-state index < -0.39 is 0 Å². The van der Waals surface area contributed by atoms with Crippen molar-refractivity contribution in [1.29, 1.82) is 0 Å². The number of anilines is 3. The highest BCUT2D eigenvalue weighted by Crippen LogP contribution is 2.45. The Balaban J connectivity index is 1.20. The minimum Gasteiger partial charge on any atom is -0.310 e. The van der Waals surface area contributed by atoms with E-state index in [0.717, 1.165) is 33.8 Å². The van der Waals surface area contributed by atoms with Gasteiger partial charge in [0.2, 0.25) is 0 Å². The van der Waals surface area contributed by atoms with Crippen molar-refractivity contribution >= 4 is 60.7 Å². The van der Waals surface area contributed by atoms with Crippen molar-refractivity contribution in [2.45, 2.75) is 6.92 Å². The summed E-state index contributed by atoms with van der Waals surface area (Å²) >= 11 is 1.85. The standard InChI is InChI=1S/C53H39NS/c1-3-15-40-34-42(27-26-37(40)4-2)47-21-9-8-20-46(47)41-18-14-19-45(35-41)54(44-31-28-39(29-32-44)38-16-6-5-7-17-38)51-24-12-10-22-48(51)43-30-33-53-50(36-43)49-23-11-13-25-52(49)55-53/h3-36H,2H2,1H3/b15-3-. The van der Waals surface area contributed by atoms with Crippen LogP contribution in [-0.4, -0.2) is 0 Å². The largest absolute Gasteiger partial charge is 0.310 e. The summed E-state index contributed by atoms with van der Waals surface area (Å²) in [6.45, 7) is 6.10. The van der Waals surface area contributed by atoms with Gasteiger partial charge in [0, 0.05) is 37.1 Å². The number of hydrogen-bond donors (Lipinski definition) is 0. The Morgan fingerprint density at radius 2 is 1.04 bits per heavy atom. The van der Waals surface area contributed by atoms with Gasteiger partial charge in [-0.25, -0.2) is 0 Å². The molecule has 262 valence electrons. The Bertz CT molecular complexity index is 2840. The fraction of sp³-hybridized carbons (Fsp3) is 0.0189. The van der Waals surface area contributed by atoms with Gasteiger partial charge in [0.15, 0.2) is 0 Å². The number of rotatable bonds is 9. The molecule has 0 spiro atoms. The average Bonchev–Trinajstić information content (AvgIpc) is 3.63. The van der Waals surface area contributed by atoms with E-state index in [2.05, 4.69) is 219 Å². The third kappa shape index (κ3) is 6.58. The molecule has 9 rings (SSSR count).